The van der Waals surface area contributed by atoms with Gasteiger partial charge in [0.05, 0.1) is 13.2 Å². The van der Waals surface area contributed by atoms with E-state index in [1.54, 1.807) is 19.1 Å². The number of carboxylic acid groups (broad SMARTS) is 1. The first-order chi connectivity index (χ1) is 8.16. The number of carboxylic acids is 1. The second-order valence-corrected chi connectivity index (χ2v) is 3.89. The molecule has 4 heteroatoms. The number of rotatable bonds is 2. The maximum Gasteiger partial charge on any atom is 0.331 e. The lowest BCUT2D eigenvalue weighted by Crippen LogP contribution is -1.97. The minimum Gasteiger partial charge on any atom is -0.490 e. The first-order valence-corrected chi connectivity index (χ1v) is 5.48. The highest BCUT2D eigenvalue weighted by Gasteiger charge is 2.10. The molecule has 0 unspecified atom stereocenters. The van der Waals surface area contributed by atoms with Crippen molar-refractivity contribution < 1.29 is 19.4 Å². The molecule has 1 aliphatic heterocycles. The molecule has 0 bridgehead atoms. The molecule has 1 heterocycles. The Morgan fingerprint density at radius 3 is 2.71 bits per heavy atom. The van der Waals surface area contributed by atoms with E-state index in [-0.39, 0.29) is 0 Å². The van der Waals surface area contributed by atoms with Crippen LogP contribution in [0.15, 0.2) is 23.8 Å². The van der Waals surface area contributed by atoms with Crippen LogP contribution in [0.4, 0.5) is 0 Å². The van der Waals surface area contributed by atoms with Gasteiger partial charge < -0.3 is 14.6 Å². The van der Waals surface area contributed by atoms with Crippen molar-refractivity contribution in [2.75, 3.05) is 13.2 Å². The van der Waals surface area contributed by atoms with E-state index in [0.717, 1.165) is 12.0 Å². The van der Waals surface area contributed by atoms with Crippen molar-refractivity contribution in [3.63, 3.8) is 0 Å². The molecular formula is C13H14O4. The van der Waals surface area contributed by atoms with E-state index in [4.69, 9.17) is 14.6 Å². The Morgan fingerprint density at radius 2 is 2.00 bits per heavy atom. The van der Waals surface area contributed by atoms with Gasteiger partial charge in [0.25, 0.3) is 0 Å². The van der Waals surface area contributed by atoms with Crippen LogP contribution in [0.25, 0.3) is 6.08 Å². The second kappa shape index (κ2) is 4.91. The maximum atomic E-state index is 10.7. The molecule has 1 N–H and O–H groups in total. The summed E-state index contributed by atoms with van der Waals surface area (Å²) < 4.78 is 11.0. The third-order valence-corrected chi connectivity index (χ3v) is 2.49. The molecule has 0 amide bonds. The zero-order chi connectivity index (χ0) is 12.3. The number of aliphatic carboxylic acids is 1. The second-order valence-electron chi connectivity index (χ2n) is 3.89. The highest BCUT2D eigenvalue weighted by molar-refractivity contribution is 5.91. The van der Waals surface area contributed by atoms with Gasteiger partial charge in [-0.3, -0.25) is 0 Å². The number of fused-ring (bicyclic) bond motifs is 1. The van der Waals surface area contributed by atoms with Crippen molar-refractivity contribution in [1.29, 1.82) is 0 Å². The molecule has 17 heavy (non-hydrogen) atoms. The van der Waals surface area contributed by atoms with E-state index in [0.29, 0.717) is 30.3 Å². The van der Waals surface area contributed by atoms with E-state index in [9.17, 15) is 4.79 Å². The first kappa shape index (κ1) is 11.5. The quantitative estimate of drug-likeness (QED) is 0.798. The molecular weight excluding hydrogens is 220 g/mol. The number of hydrogen-bond donors (Lipinski definition) is 1. The largest absolute Gasteiger partial charge is 0.490 e. The minimum absolute atomic E-state index is 0.291. The first-order valence-electron chi connectivity index (χ1n) is 5.48. The van der Waals surface area contributed by atoms with Crippen molar-refractivity contribution >= 4 is 12.0 Å². The minimum atomic E-state index is -0.919. The van der Waals surface area contributed by atoms with Crippen LogP contribution in [0, 0.1) is 0 Å². The molecule has 0 radical (unpaired) electrons. The summed E-state index contributed by atoms with van der Waals surface area (Å²) in [6.45, 7) is 2.83. The summed E-state index contributed by atoms with van der Waals surface area (Å²) in [7, 11) is 0. The fourth-order valence-electron chi connectivity index (χ4n) is 1.58. The van der Waals surface area contributed by atoms with Crippen LogP contribution in [0.1, 0.15) is 18.9 Å². The van der Waals surface area contributed by atoms with Crippen molar-refractivity contribution in [3.05, 3.63) is 29.3 Å². The normalized spacial score (nSPS) is 15.2. The molecule has 90 valence electrons. The van der Waals surface area contributed by atoms with Gasteiger partial charge in [0.2, 0.25) is 0 Å². The Balaban J connectivity index is 2.29. The summed E-state index contributed by atoms with van der Waals surface area (Å²) in [6.07, 6.45) is 2.46. The van der Waals surface area contributed by atoms with Crippen molar-refractivity contribution in [1.82, 2.24) is 0 Å². The molecule has 0 saturated carbocycles. The molecule has 0 aromatic heterocycles. The number of carbonyl (C=O) groups is 1. The lowest BCUT2D eigenvalue weighted by molar-refractivity contribution is -0.132. The Hall–Kier alpha value is -1.97. The summed E-state index contributed by atoms with van der Waals surface area (Å²) in [5.74, 6) is 0.471. The molecule has 1 aliphatic rings. The molecule has 1 aromatic rings. The summed E-state index contributed by atoms with van der Waals surface area (Å²) in [6, 6.07) is 5.43. The fourth-order valence-corrected chi connectivity index (χ4v) is 1.58. The zero-order valence-electron chi connectivity index (χ0n) is 9.60. The highest BCUT2D eigenvalue weighted by atomic mass is 16.5. The van der Waals surface area contributed by atoms with E-state index in [2.05, 4.69) is 0 Å². The zero-order valence-corrected chi connectivity index (χ0v) is 9.60. The predicted octanol–water partition coefficient (Wildman–Crippen LogP) is 2.34. The monoisotopic (exact) mass is 234 g/mol. The predicted molar refractivity (Wildman–Crippen MR) is 63.3 cm³/mol. The lowest BCUT2D eigenvalue weighted by Gasteiger charge is -2.07. The Kier molecular flexibility index (Phi) is 3.32. The molecule has 1 aromatic carbocycles. The van der Waals surface area contributed by atoms with Gasteiger partial charge in [-0.15, -0.1) is 0 Å². The van der Waals surface area contributed by atoms with Crippen molar-refractivity contribution in [2.24, 2.45) is 0 Å². The van der Waals surface area contributed by atoms with E-state index >= 15 is 0 Å². The van der Waals surface area contributed by atoms with Gasteiger partial charge in [-0.1, -0.05) is 6.07 Å². The van der Waals surface area contributed by atoms with Crippen molar-refractivity contribution in [3.8, 4) is 11.5 Å². The third-order valence-electron chi connectivity index (χ3n) is 2.49. The van der Waals surface area contributed by atoms with Gasteiger partial charge in [-0.05, 0) is 30.7 Å². The average molecular weight is 234 g/mol. The van der Waals surface area contributed by atoms with Gasteiger partial charge in [0, 0.05) is 12.0 Å². The van der Waals surface area contributed by atoms with Crippen LogP contribution in [0.5, 0.6) is 11.5 Å². The van der Waals surface area contributed by atoms with Crippen LogP contribution in [-0.2, 0) is 4.79 Å². The summed E-state index contributed by atoms with van der Waals surface area (Å²) >= 11 is 0. The SMILES string of the molecule is C/C(=C\c1ccc2c(c1)OCCCO2)C(=O)O. The fraction of sp³-hybridized carbons (Fsp3) is 0.308. The van der Waals surface area contributed by atoms with E-state index in [1.165, 1.54) is 0 Å². The lowest BCUT2D eigenvalue weighted by atomic mass is 10.1. The summed E-state index contributed by atoms with van der Waals surface area (Å²) in [5.41, 5.74) is 1.09. The van der Waals surface area contributed by atoms with Crippen molar-refractivity contribution in [2.45, 2.75) is 13.3 Å². The molecule has 4 nitrogen and oxygen atoms in total. The van der Waals surface area contributed by atoms with E-state index in [1.807, 2.05) is 12.1 Å². The number of hydrogen-bond acceptors (Lipinski definition) is 3. The maximum absolute atomic E-state index is 10.7. The molecule has 2 rings (SSSR count). The molecule has 0 saturated heterocycles. The standard InChI is InChI=1S/C13H14O4/c1-9(13(14)15)7-10-3-4-11-12(8-10)17-6-2-5-16-11/h3-4,7-8H,2,5-6H2,1H3,(H,14,15)/b9-7+. The van der Waals surface area contributed by atoms with E-state index < -0.39 is 5.97 Å². The topological polar surface area (TPSA) is 55.8 Å². The number of benzene rings is 1. The summed E-state index contributed by atoms with van der Waals surface area (Å²) in [5, 5.41) is 8.80. The third kappa shape index (κ3) is 2.78. The molecule has 0 aliphatic carbocycles. The van der Waals surface area contributed by atoms with Crippen LogP contribution >= 0.6 is 0 Å². The Labute approximate surface area is 99.5 Å². The molecule has 0 atom stereocenters. The Bertz CT molecular complexity index is 462. The van der Waals surface area contributed by atoms with Gasteiger partial charge in [-0.2, -0.15) is 0 Å². The van der Waals surface area contributed by atoms with Gasteiger partial charge in [-0.25, -0.2) is 4.79 Å². The van der Waals surface area contributed by atoms with Gasteiger partial charge in [0.1, 0.15) is 0 Å². The van der Waals surface area contributed by atoms with Crippen LogP contribution in [0.2, 0.25) is 0 Å². The smallest absolute Gasteiger partial charge is 0.331 e. The molecule has 0 spiro atoms. The van der Waals surface area contributed by atoms with Crippen LogP contribution in [0.3, 0.4) is 0 Å². The summed E-state index contributed by atoms with van der Waals surface area (Å²) in [4.78, 5) is 10.7. The molecule has 0 fully saturated rings. The highest BCUT2D eigenvalue weighted by Crippen LogP contribution is 2.31. The number of ether oxygens (including phenoxy) is 2. The Morgan fingerprint density at radius 1 is 1.29 bits per heavy atom. The average Bonchev–Trinajstić information content (AvgIpc) is 2.53. The van der Waals surface area contributed by atoms with Gasteiger partial charge >= 0.3 is 5.97 Å². The van der Waals surface area contributed by atoms with Crippen LogP contribution in [-0.4, -0.2) is 24.3 Å². The van der Waals surface area contributed by atoms with Crippen LogP contribution < -0.4 is 9.47 Å². The van der Waals surface area contributed by atoms with Gasteiger partial charge in [0.15, 0.2) is 11.5 Å².